The highest BCUT2D eigenvalue weighted by molar-refractivity contribution is 6.32. The molecule has 3 nitrogen and oxygen atoms in total. The van der Waals surface area contributed by atoms with Crippen LogP contribution >= 0.6 is 11.6 Å². The molecule has 3 aromatic rings. The summed E-state index contributed by atoms with van der Waals surface area (Å²) in [5.74, 6) is -0.201. The first kappa shape index (κ1) is 16.0. The van der Waals surface area contributed by atoms with E-state index in [0.29, 0.717) is 21.7 Å². The third-order valence-electron chi connectivity index (χ3n) is 3.56. The summed E-state index contributed by atoms with van der Waals surface area (Å²) < 4.78 is 0. The van der Waals surface area contributed by atoms with Crippen molar-refractivity contribution in [2.24, 2.45) is 0 Å². The molecule has 0 fully saturated rings. The number of para-hydroxylation sites is 1. The summed E-state index contributed by atoms with van der Waals surface area (Å²) in [4.78, 5) is 16.7. The Labute approximate surface area is 145 Å². The Balaban J connectivity index is 1.89. The van der Waals surface area contributed by atoms with E-state index in [2.05, 4.69) is 16.9 Å². The minimum Gasteiger partial charge on any atom is -0.322 e. The standard InChI is InChI=1S/C20H15ClN2O/c1-14(19-9-5-6-12-22-19)17-13-15(10-11-18(17)21)20(24)23-16-7-3-2-4-8-16/h2-13H,1H2,(H,23,24). The summed E-state index contributed by atoms with van der Waals surface area (Å²) in [5, 5.41) is 3.39. The molecule has 0 spiro atoms. The third kappa shape index (κ3) is 3.53. The highest BCUT2D eigenvalue weighted by atomic mass is 35.5. The van der Waals surface area contributed by atoms with Crippen molar-refractivity contribution in [1.82, 2.24) is 4.98 Å². The average Bonchev–Trinajstić information content (AvgIpc) is 2.63. The fourth-order valence-corrected chi connectivity index (χ4v) is 2.53. The normalized spacial score (nSPS) is 10.2. The van der Waals surface area contributed by atoms with Crippen molar-refractivity contribution in [2.45, 2.75) is 0 Å². The van der Waals surface area contributed by atoms with Gasteiger partial charge in [0.25, 0.3) is 5.91 Å². The van der Waals surface area contributed by atoms with Gasteiger partial charge in [0.1, 0.15) is 0 Å². The van der Waals surface area contributed by atoms with E-state index in [1.807, 2.05) is 48.5 Å². The Morgan fingerprint density at radius 2 is 1.75 bits per heavy atom. The molecule has 2 aromatic carbocycles. The predicted molar refractivity (Wildman–Crippen MR) is 98.2 cm³/mol. The number of amides is 1. The first-order valence-corrected chi connectivity index (χ1v) is 7.79. The zero-order valence-electron chi connectivity index (χ0n) is 12.9. The van der Waals surface area contributed by atoms with Crippen molar-refractivity contribution in [3.63, 3.8) is 0 Å². The van der Waals surface area contributed by atoms with Crippen LogP contribution in [0.3, 0.4) is 0 Å². The van der Waals surface area contributed by atoms with E-state index in [1.165, 1.54) is 0 Å². The van der Waals surface area contributed by atoms with Gasteiger partial charge in [-0.1, -0.05) is 42.4 Å². The van der Waals surface area contributed by atoms with Gasteiger partial charge in [0.15, 0.2) is 0 Å². The molecule has 3 rings (SSSR count). The number of hydrogen-bond donors (Lipinski definition) is 1. The molecule has 1 amide bonds. The number of nitrogens with one attached hydrogen (secondary N) is 1. The molecule has 0 aliphatic rings. The Bertz CT molecular complexity index is 877. The van der Waals surface area contributed by atoms with E-state index in [-0.39, 0.29) is 5.91 Å². The van der Waals surface area contributed by atoms with Gasteiger partial charge in [-0.05, 0) is 42.5 Å². The van der Waals surface area contributed by atoms with Crippen LogP contribution in [0.25, 0.3) is 5.57 Å². The fourth-order valence-electron chi connectivity index (χ4n) is 2.30. The lowest BCUT2D eigenvalue weighted by Gasteiger charge is -2.10. The number of carbonyl (C=O) groups excluding carboxylic acids is 1. The minimum absolute atomic E-state index is 0.201. The molecule has 1 heterocycles. The smallest absolute Gasteiger partial charge is 0.255 e. The van der Waals surface area contributed by atoms with Crippen LogP contribution < -0.4 is 5.32 Å². The van der Waals surface area contributed by atoms with Crippen LogP contribution in [-0.2, 0) is 0 Å². The van der Waals surface area contributed by atoms with E-state index in [0.717, 1.165) is 11.4 Å². The largest absolute Gasteiger partial charge is 0.322 e. The molecule has 118 valence electrons. The van der Waals surface area contributed by atoms with Crippen LogP contribution in [0.2, 0.25) is 5.02 Å². The molecule has 0 unspecified atom stereocenters. The SMILES string of the molecule is C=C(c1ccccn1)c1cc(C(=O)Nc2ccccc2)ccc1Cl. The van der Waals surface area contributed by atoms with Crippen molar-refractivity contribution >= 4 is 28.8 Å². The third-order valence-corrected chi connectivity index (χ3v) is 3.89. The quantitative estimate of drug-likeness (QED) is 0.725. The van der Waals surface area contributed by atoms with Crippen LogP contribution in [0.5, 0.6) is 0 Å². The topological polar surface area (TPSA) is 42.0 Å². The number of benzene rings is 2. The molecule has 24 heavy (non-hydrogen) atoms. The molecule has 0 aliphatic carbocycles. The highest BCUT2D eigenvalue weighted by Gasteiger charge is 2.13. The molecule has 1 N–H and O–H groups in total. The van der Waals surface area contributed by atoms with Gasteiger partial charge in [-0.15, -0.1) is 0 Å². The average molecular weight is 335 g/mol. The number of halogens is 1. The van der Waals surface area contributed by atoms with Crippen molar-refractivity contribution in [3.8, 4) is 0 Å². The van der Waals surface area contributed by atoms with Crippen LogP contribution in [0.4, 0.5) is 5.69 Å². The summed E-state index contributed by atoms with van der Waals surface area (Å²) in [5.41, 5.74) is 3.34. The predicted octanol–water partition coefficient (Wildman–Crippen LogP) is 5.05. The number of aromatic nitrogens is 1. The van der Waals surface area contributed by atoms with E-state index in [9.17, 15) is 4.79 Å². The van der Waals surface area contributed by atoms with E-state index >= 15 is 0 Å². The molecule has 0 atom stereocenters. The van der Waals surface area contributed by atoms with Gasteiger partial charge in [0.2, 0.25) is 0 Å². The maximum absolute atomic E-state index is 12.4. The number of carbonyl (C=O) groups is 1. The lowest BCUT2D eigenvalue weighted by Crippen LogP contribution is -2.12. The molecular formula is C20H15ClN2O. The first-order chi connectivity index (χ1) is 11.6. The summed E-state index contributed by atoms with van der Waals surface area (Å²) in [7, 11) is 0. The molecule has 0 aliphatic heterocycles. The zero-order chi connectivity index (χ0) is 16.9. The second kappa shape index (κ2) is 7.11. The van der Waals surface area contributed by atoms with Gasteiger partial charge in [-0.3, -0.25) is 9.78 Å². The van der Waals surface area contributed by atoms with Crippen molar-refractivity contribution in [1.29, 1.82) is 0 Å². The Kier molecular flexibility index (Phi) is 4.73. The first-order valence-electron chi connectivity index (χ1n) is 7.42. The van der Waals surface area contributed by atoms with Gasteiger partial charge >= 0.3 is 0 Å². The summed E-state index contributed by atoms with van der Waals surface area (Å²) in [6.45, 7) is 4.06. The van der Waals surface area contributed by atoms with Gasteiger partial charge in [0.05, 0.1) is 5.69 Å². The molecule has 0 radical (unpaired) electrons. The monoisotopic (exact) mass is 334 g/mol. The Morgan fingerprint density at radius 1 is 1.00 bits per heavy atom. The number of pyridine rings is 1. The molecule has 0 saturated carbocycles. The lowest BCUT2D eigenvalue weighted by atomic mass is 10.0. The van der Waals surface area contributed by atoms with Gasteiger partial charge in [-0.25, -0.2) is 0 Å². The highest BCUT2D eigenvalue weighted by Crippen LogP contribution is 2.28. The van der Waals surface area contributed by atoms with Crippen molar-refractivity contribution in [2.75, 3.05) is 5.32 Å². The van der Waals surface area contributed by atoms with Crippen LogP contribution in [-0.4, -0.2) is 10.9 Å². The summed E-state index contributed by atoms with van der Waals surface area (Å²) >= 11 is 6.29. The summed E-state index contributed by atoms with van der Waals surface area (Å²) in [6.07, 6.45) is 1.69. The Morgan fingerprint density at radius 3 is 2.46 bits per heavy atom. The van der Waals surface area contributed by atoms with Gasteiger partial charge in [-0.2, -0.15) is 0 Å². The zero-order valence-corrected chi connectivity index (χ0v) is 13.6. The maximum Gasteiger partial charge on any atom is 0.255 e. The number of hydrogen-bond acceptors (Lipinski definition) is 2. The number of anilines is 1. The molecule has 1 aromatic heterocycles. The second-order valence-electron chi connectivity index (χ2n) is 5.21. The van der Waals surface area contributed by atoms with Crippen LogP contribution in [0.1, 0.15) is 21.6 Å². The van der Waals surface area contributed by atoms with Gasteiger partial charge in [0, 0.05) is 33.6 Å². The lowest BCUT2D eigenvalue weighted by molar-refractivity contribution is 0.102. The fraction of sp³-hybridized carbons (Fsp3) is 0. The second-order valence-corrected chi connectivity index (χ2v) is 5.62. The molecular weight excluding hydrogens is 320 g/mol. The van der Waals surface area contributed by atoms with E-state index < -0.39 is 0 Å². The van der Waals surface area contributed by atoms with E-state index in [4.69, 9.17) is 11.6 Å². The Hall–Kier alpha value is -2.91. The van der Waals surface area contributed by atoms with Crippen LogP contribution in [0, 0.1) is 0 Å². The van der Waals surface area contributed by atoms with Crippen LogP contribution in [0.15, 0.2) is 79.5 Å². The minimum atomic E-state index is -0.201. The molecule has 4 heteroatoms. The number of nitrogens with zero attached hydrogens (tertiary/aromatic N) is 1. The molecule has 0 saturated heterocycles. The van der Waals surface area contributed by atoms with Crippen molar-refractivity contribution < 1.29 is 4.79 Å². The maximum atomic E-state index is 12.4. The van der Waals surface area contributed by atoms with Crippen molar-refractivity contribution in [3.05, 3.63) is 101 Å². The van der Waals surface area contributed by atoms with E-state index in [1.54, 1.807) is 24.4 Å². The van der Waals surface area contributed by atoms with Gasteiger partial charge < -0.3 is 5.32 Å². The molecule has 0 bridgehead atoms. The summed E-state index contributed by atoms with van der Waals surface area (Å²) in [6, 6.07) is 20.0. The number of rotatable bonds is 4.